The van der Waals surface area contributed by atoms with Crippen molar-refractivity contribution in [2.24, 2.45) is 0 Å². The van der Waals surface area contributed by atoms with Gasteiger partial charge in [-0.3, -0.25) is 0 Å². The van der Waals surface area contributed by atoms with E-state index in [2.05, 4.69) is 9.97 Å². The number of nitrogen functional groups attached to an aromatic ring is 1. The quantitative estimate of drug-likeness (QED) is 0.851. The van der Waals surface area contributed by atoms with Gasteiger partial charge in [0.2, 0.25) is 0 Å². The first kappa shape index (κ1) is 10.5. The zero-order valence-corrected chi connectivity index (χ0v) is 9.28. The summed E-state index contributed by atoms with van der Waals surface area (Å²) in [7, 11) is 0. The van der Waals surface area contributed by atoms with E-state index in [0.29, 0.717) is 21.5 Å². The average molecular weight is 232 g/mol. The van der Waals surface area contributed by atoms with E-state index in [1.54, 1.807) is 12.3 Å². The van der Waals surface area contributed by atoms with Crippen molar-refractivity contribution >= 4 is 17.4 Å². The van der Waals surface area contributed by atoms with Crippen LogP contribution in [0.1, 0.15) is 11.3 Å². The third kappa shape index (κ3) is 1.99. The Balaban J connectivity index is 2.32. The summed E-state index contributed by atoms with van der Waals surface area (Å²) in [6.45, 7) is 1.83. The van der Waals surface area contributed by atoms with Gasteiger partial charge in [0.05, 0.1) is 16.9 Å². The van der Waals surface area contributed by atoms with Gasteiger partial charge in [-0.15, -0.1) is 0 Å². The lowest BCUT2D eigenvalue weighted by Gasteiger charge is -2.01. The largest absolute Gasteiger partial charge is 0.439 e. The van der Waals surface area contributed by atoms with Crippen LogP contribution in [0.15, 0.2) is 33.2 Å². The molecule has 0 saturated carbocycles. The van der Waals surface area contributed by atoms with Crippen LogP contribution in [0.25, 0.3) is 0 Å². The molecule has 2 aromatic rings. The van der Waals surface area contributed by atoms with E-state index < -0.39 is 0 Å². The smallest absolute Gasteiger partial charge is 0.262 e. The van der Waals surface area contributed by atoms with Crippen molar-refractivity contribution in [2.45, 2.75) is 17.2 Å². The fourth-order valence-electron chi connectivity index (χ4n) is 1.09. The first-order valence-electron chi connectivity index (χ1n) is 4.45. The SMILES string of the molecule is Cc1coc(Sc2nccc(C#N)c2N)n1. The lowest BCUT2D eigenvalue weighted by atomic mass is 10.2. The molecule has 2 aromatic heterocycles. The second-order valence-electron chi connectivity index (χ2n) is 3.05. The Morgan fingerprint density at radius 1 is 1.56 bits per heavy atom. The predicted molar refractivity (Wildman–Crippen MR) is 58.7 cm³/mol. The lowest BCUT2D eigenvalue weighted by molar-refractivity contribution is 0.454. The van der Waals surface area contributed by atoms with Crippen LogP contribution in [0.2, 0.25) is 0 Å². The molecule has 0 spiro atoms. The van der Waals surface area contributed by atoms with Crippen LogP contribution in [0.5, 0.6) is 0 Å². The minimum absolute atomic E-state index is 0.353. The molecular weight excluding hydrogens is 224 g/mol. The van der Waals surface area contributed by atoms with Gasteiger partial charge in [-0.1, -0.05) is 0 Å². The van der Waals surface area contributed by atoms with Crippen molar-refractivity contribution in [3.63, 3.8) is 0 Å². The molecule has 0 aliphatic heterocycles. The van der Waals surface area contributed by atoms with Crippen molar-refractivity contribution in [3.05, 3.63) is 29.8 Å². The third-order valence-electron chi connectivity index (χ3n) is 1.86. The average Bonchev–Trinajstić information content (AvgIpc) is 2.67. The Labute approximate surface area is 96.3 Å². The summed E-state index contributed by atoms with van der Waals surface area (Å²) in [6.07, 6.45) is 3.08. The van der Waals surface area contributed by atoms with Crippen LogP contribution in [0, 0.1) is 18.3 Å². The van der Waals surface area contributed by atoms with E-state index in [9.17, 15) is 0 Å². The van der Waals surface area contributed by atoms with Crippen LogP contribution < -0.4 is 5.73 Å². The first-order chi connectivity index (χ1) is 7.70. The van der Waals surface area contributed by atoms with Gasteiger partial charge in [0.15, 0.2) is 0 Å². The molecule has 0 radical (unpaired) electrons. The molecule has 0 aromatic carbocycles. The van der Waals surface area contributed by atoms with Crippen LogP contribution in [0.4, 0.5) is 5.69 Å². The molecule has 2 rings (SSSR count). The lowest BCUT2D eigenvalue weighted by Crippen LogP contribution is -1.95. The molecule has 6 heteroatoms. The molecule has 2 N–H and O–H groups in total. The highest BCUT2D eigenvalue weighted by Gasteiger charge is 2.10. The normalized spacial score (nSPS) is 10.0. The Bertz CT molecular complexity index is 558. The number of rotatable bonds is 2. The first-order valence-corrected chi connectivity index (χ1v) is 5.27. The van der Waals surface area contributed by atoms with E-state index in [1.807, 2.05) is 13.0 Å². The minimum Gasteiger partial charge on any atom is -0.439 e. The van der Waals surface area contributed by atoms with Gasteiger partial charge in [-0.25, -0.2) is 9.97 Å². The fraction of sp³-hybridized carbons (Fsp3) is 0.100. The predicted octanol–water partition coefficient (Wildman–Crippen LogP) is 1.98. The molecule has 0 atom stereocenters. The second kappa shape index (κ2) is 4.24. The zero-order valence-electron chi connectivity index (χ0n) is 8.47. The van der Waals surface area contributed by atoms with E-state index in [0.717, 1.165) is 5.69 Å². The number of oxazole rings is 1. The monoisotopic (exact) mass is 232 g/mol. The summed E-state index contributed by atoms with van der Waals surface area (Å²) in [6, 6.07) is 3.57. The van der Waals surface area contributed by atoms with Gasteiger partial charge in [0.25, 0.3) is 5.22 Å². The topological polar surface area (TPSA) is 88.7 Å². The number of hydrogen-bond donors (Lipinski definition) is 1. The number of anilines is 1. The zero-order chi connectivity index (χ0) is 11.5. The van der Waals surface area contributed by atoms with Gasteiger partial charge < -0.3 is 10.2 Å². The molecule has 0 aliphatic rings. The summed E-state index contributed by atoms with van der Waals surface area (Å²) in [5, 5.41) is 9.80. The number of aryl methyl sites for hydroxylation is 1. The molecule has 0 unspecified atom stereocenters. The molecular formula is C10H8N4OS. The Kier molecular flexibility index (Phi) is 2.79. The Hall–Kier alpha value is -2.00. The molecule has 0 amide bonds. The number of aromatic nitrogens is 2. The summed E-state index contributed by atoms with van der Waals surface area (Å²) >= 11 is 1.20. The van der Waals surface area contributed by atoms with Crippen LogP contribution >= 0.6 is 11.8 Å². The number of hydrogen-bond acceptors (Lipinski definition) is 6. The Morgan fingerprint density at radius 3 is 3.00 bits per heavy atom. The van der Waals surface area contributed by atoms with E-state index in [-0.39, 0.29) is 0 Å². The molecule has 5 nitrogen and oxygen atoms in total. The van der Waals surface area contributed by atoms with Gasteiger partial charge >= 0.3 is 0 Å². The molecule has 0 saturated heterocycles. The van der Waals surface area contributed by atoms with Gasteiger partial charge in [-0.2, -0.15) is 5.26 Å². The maximum Gasteiger partial charge on any atom is 0.262 e. The molecule has 2 heterocycles. The summed E-state index contributed by atoms with van der Waals surface area (Å²) < 4.78 is 5.17. The van der Waals surface area contributed by atoms with Gasteiger partial charge in [-0.05, 0) is 24.8 Å². The minimum atomic E-state index is 0.353. The van der Waals surface area contributed by atoms with Crippen molar-refractivity contribution in [1.29, 1.82) is 5.26 Å². The third-order valence-corrected chi connectivity index (χ3v) is 2.74. The van der Waals surface area contributed by atoms with E-state index in [4.69, 9.17) is 15.4 Å². The van der Waals surface area contributed by atoms with Crippen molar-refractivity contribution in [2.75, 3.05) is 5.73 Å². The highest BCUT2D eigenvalue weighted by atomic mass is 32.2. The van der Waals surface area contributed by atoms with Crippen molar-refractivity contribution in [1.82, 2.24) is 9.97 Å². The molecule has 80 valence electrons. The second-order valence-corrected chi connectivity index (χ2v) is 3.99. The number of pyridine rings is 1. The van der Waals surface area contributed by atoms with Gasteiger partial charge in [0.1, 0.15) is 17.4 Å². The van der Waals surface area contributed by atoms with E-state index >= 15 is 0 Å². The highest BCUT2D eigenvalue weighted by molar-refractivity contribution is 7.99. The summed E-state index contributed by atoms with van der Waals surface area (Å²) in [5.74, 6) is 0. The van der Waals surface area contributed by atoms with E-state index in [1.165, 1.54) is 18.0 Å². The molecule has 0 bridgehead atoms. The molecule has 0 fully saturated rings. The van der Waals surface area contributed by atoms with Gasteiger partial charge in [0, 0.05) is 6.20 Å². The van der Waals surface area contributed by atoms with Crippen LogP contribution in [-0.2, 0) is 0 Å². The van der Waals surface area contributed by atoms with Crippen molar-refractivity contribution < 1.29 is 4.42 Å². The number of nitrogens with zero attached hydrogens (tertiary/aromatic N) is 3. The Morgan fingerprint density at radius 2 is 2.38 bits per heavy atom. The fourth-order valence-corrected chi connectivity index (χ4v) is 1.88. The molecule has 16 heavy (non-hydrogen) atoms. The summed E-state index contributed by atoms with van der Waals surface area (Å²) in [4.78, 5) is 8.20. The number of nitrogens with two attached hydrogens (primary N) is 1. The number of nitriles is 1. The van der Waals surface area contributed by atoms with Crippen molar-refractivity contribution in [3.8, 4) is 6.07 Å². The van der Waals surface area contributed by atoms with Crippen LogP contribution in [0.3, 0.4) is 0 Å². The van der Waals surface area contributed by atoms with Crippen LogP contribution in [-0.4, -0.2) is 9.97 Å². The summed E-state index contributed by atoms with van der Waals surface area (Å²) in [5.41, 5.74) is 7.32. The maximum atomic E-state index is 8.81. The highest BCUT2D eigenvalue weighted by Crippen LogP contribution is 2.30. The molecule has 0 aliphatic carbocycles. The standard InChI is InChI=1S/C10H8N4OS/c1-6-5-15-10(14-6)16-9-8(12)7(4-11)2-3-13-9/h2-3,5H,12H2,1H3. The maximum absolute atomic E-state index is 8.81.